The number of carbonyl (C=O) groups is 2. The zero-order valence-electron chi connectivity index (χ0n) is 19.1. The van der Waals surface area contributed by atoms with Crippen molar-refractivity contribution in [3.05, 3.63) is 106 Å². The van der Waals surface area contributed by atoms with Crippen LogP contribution in [0, 0.1) is 0 Å². The molecule has 5 heterocycles. The zero-order chi connectivity index (χ0) is 23.9. The van der Waals surface area contributed by atoms with E-state index in [4.69, 9.17) is 4.98 Å². The SMILES string of the molecule is C[C@@]12NC(=O)[C@H](C[C@]13C(=O)N(Cc1ccccc1)c1ccccc13)n1c2nc2ccccc2c1=O. The lowest BCUT2D eigenvalue weighted by Gasteiger charge is -2.55. The first-order valence-corrected chi connectivity index (χ1v) is 11.7. The molecule has 0 saturated carbocycles. The van der Waals surface area contributed by atoms with Crippen molar-refractivity contribution < 1.29 is 9.59 Å². The molecule has 7 nitrogen and oxygen atoms in total. The first kappa shape index (κ1) is 20.1. The van der Waals surface area contributed by atoms with Gasteiger partial charge in [0.1, 0.15) is 22.8 Å². The van der Waals surface area contributed by atoms with Gasteiger partial charge in [0.2, 0.25) is 11.8 Å². The lowest BCUT2D eigenvalue weighted by molar-refractivity contribution is -0.143. The van der Waals surface area contributed by atoms with Crippen LogP contribution in [0.5, 0.6) is 0 Å². The van der Waals surface area contributed by atoms with Crippen molar-refractivity contribution >= 4 is 28.4 Å². The Morgan fingerprint density at radius 1 is 0.943 bits per heavy atom. The average molecular weight is 463 g/mol. The van der Waals surface area contributed by atoms with E-state index in [0.29, 0.717) is 23.3 Å². The number of nitrogens with one attached hydrogen (secondary N) is 1. The summed E-state index contributed by atoms with van der Waals surface area (Å²) in [6.45, 7) is 2.26. The van der Waals surface area contributed by atoms with Crippen LogP contribution in [0.3, 0.4) is 0 Å². The van der Waals surface area contributed by atoms with Gasteiger partial charge in [-0.05, 0) is 42.7 Å². The highest BCUT2D eigenvalue weighted by Crippen LogP contribution is 2.60. The molecule has 1 spiro atoms. The topological polar surface area (TPSA) is 84.3 Å². The fourth-order valence-corrected chi connectivity index (χ4v) is 6.39. The highest BCUT2D eigenvalue weighted by Gasteiger charge is 2.70. The van der Waals surface area contributed by atoms with Gasteiger partial charge in [-0.3, -0.25) is 19.0 Å². The van der Waals surface area contributed by atoms with E-state index in [1.165, 1.54) is 4.57 Å². The summed E-state index contributed by atoms with van der Waals surface area (Å²) >= 11 is 0. The summed E-state index contributed by atoms with van der Waals surface area (Å²) in [6, 6.07) is 24.0. The third kappa shape index (κ3) is 2.35. The van der Waals surface area contributed by atoms with Crippen LogP contribution in [-0.2, 0) is 27.1 Å². The number of amides is 2. The second kappa shape index (κ2) is 6.66. The van der Waals surface area contributed by atoms with Gasteiger partial charge in [-0.25, -0.2) is 4.98 Å². The van der Waals surface area contributed by atoms with Gasteiger partial charge in [0.25, 0.3) is 5.56 Å². The molecule has 4 aromatic rings. The molecule has 172 valence electrons. The Balaban J connectivity index is 1.49. The molecule has 1 aromatic heterocycles. The normalized spacial score (nSPS) is 26.2. The average Bonchev–Trinajstić information content (AvgIpc) is 3.10. The third-order valence-corrected chi connectivity index (χ3v) is 8.04. The van der Waals surface area contributed by atoms with Gasteiger partial charge in [0.05, 0.1) is 17.4 Å². The first-order valence-electron chi connectivity index (χ1n) is 11.7. The number of benzene rings is 3. The van der Waals surface area contributed by atoms with Crippen LogP contribution in [0.2, 0.25) is 0 Å². The van der Waals surface area contributed by atoms with Crippen LogP contribution < -0.4 is 15.8 Å². The summed E-state index contributed by atoms with van der Waals surface area (Å²) in [4.78, 5) is 47.9. The highest BCUT2D eigenvalue weighted by molar-refractivity contribution is 6.11. The van der Waals surface area contributed by atoms with Crippen LogP contribution in [0.4, 0.5) is 5.69 Å². The van der Waals surface area contributed by atoms with E-state index in [1.54, 1.807) is 18.2 Å². The molecule has 1 saturated heterocycles. The molecule has 35 heavy (non-hydrogen) atoms. The molecule has 2 amide bonds. The predicted molar refractivity (Wildman–Crippen MR) is 131 cm³/mol. The van der Waals surface area contributed by atoms with Gasteiger partial charge in [-0.2, -0.15) is 0 Å². The van der Waals surface area contributed by atoms with Gasteiger partial charge in [-0.1, -0.05) is 60.7 Å². The van der Waals surface area contributed by atoms with Crippen LogP contribution in [0.15, 0.2) is 83.7 Å². The van der Waals surface area contributed by atoms with E-state index < -0.39 is 17.0 Å². The smallest absolute Gasteiger partial charge is 0.262 e. The Kier molecular flexibility index (Phi) is 3.83. The van der Waals surface area contributed by atoms with Crippen molar-refractivity contribution in [1.82, 2.24) is 14.9 Å². The summed E-state index contributed by atoms with van der Waals surface area (Å²) in [5.41, 5.74) is 0.761. The Bertz CT molecular complexity index is 1630. The largest absolute Gasteiger partial charge is 0.340 e. The molecular formula is C28H22N4O3. The Labute approximate surface area is 201 Å². The van der Waals surface area contributed by atoms with Crippen LogP contribution in [0.25, 0.3) is 10.9 Å². The number of piperidine rings is 1. The van der Waals surface area contributed by atoms with Gasteiger partial charge < -0.3 is 10.2 Å². The molecule has 0 radical (unpaired) electrons. The molecular weight excluding hydrogens is 440 g/mol. The second-order valence-electron chi connectivity index (χ2n) is 9.76. The quantitative estimate of drug-likeness (QED) is 0.496. The minimum Gasteiger partial charge on any atom is -0.340 e. The number of carbonyl (C=O) groups excluding carboxylic acids is 2. The fourth-order valence-electron chi connectivity index (χ4n) is 6.39. The molecule has 2 bridgehead atoms. The fraction of sp³-hybridized carbons (Fsp3) is 0.214. The standard InChI is InChI=1S/C28H22N4O3/c1-27-25-29-20-13-7-5-11-18(20)24(34)32(25)22(23(33)30-27)15-28(27)19-12-6-8-14-21(19)31(26(28)35)16-17-9-3-2-4-10-17/h2-14,22H,15-16H2,1H3,(H,30,33)/t22-,27-,28-/m0/s1. The summed E-state index contributed by atoms with van der Waals surface area (Å²) in [6.07, 6.45) is 0.212. The summed E-state index contributed by atoms with van der Waals surface area (Å²) < 4.78 is 1.52. The van der Waals surface area contributed by atoms with E-state index in [0.717, 1.165) is 16.8 Å². The van der Waals surface area contributed by atoms with Crippen molar-refractivity contribution in [3.63, 3.8) is 0 Å². The maximum atomic E-state index is 14.5. The summed E-state index contributed by atoms with van der Waals surface area (Å²) in [5, 5.41) is 3.59. The van der Waals surface area contributed by atoms with E-state index in [2.05, 4.69) is 5.32 Å². The molecule has 4 aliphatic rings. The number of hydrogen-bond donors (Lipinski definition) is 1. The lowest BCUT2D eigenvalue weighted by atomic mass is 9.58. The van der Waals surface area contributed by atoms with Crippen LogP contribution in [0.1, 0.15) is 36.3 Å². The maximum absolute atomic E-state index is 14.5. The van der Waals surface area contributed by atoms with Crippen LogP contribution in [-0.4, -0.2) is 21.4 Å². The van der Waals surface area contributed by atoms with Gasteiger partial charge in [-0.15, -0.1) is 0 Å². The molecule has 0 unspecified atom stereocenters. The van der Waals surface area contributed by atoms with E-state index >= 15 is 0 Å². The molecule has 1 fully saturated rings. The number of fused-ring (bicyclic) bond motifs is 3. The minimum absolute atomic E-state index is 0.0799. The molecule has 8 rings (SSSR count). The maximum Gasteiger partial charge on any atom is 0.262 e. The third-order valence-electron chi connectivity index (χ3n) is 8.04. The van der Waals surface area contributed by atoms with Gasteiger partial charge in [0.15, 0.2) is 0 Å². The predicted octanol–water partition coefficient (Wildman–Crippen LogP) is 3.17. The number of nitrogens with zero attached hydrogens (tertiary/aromatic N) is 3. The number of rotatable bonds is 2. The Morgan fingerprint density at radius 2 is 1.66 bits per heavy atom. The first-order chi connectivity index (χ1) is 17.0. The minimum atomic E-state index is -1.19. The Hall–Kier alpha value is -4.26. The van der Waals surface area contributed by atoms with E-state index in [9.17, 15) is 14.4 Å². The molecule has 7 heteroatoms. The lowest BCUT2D eigenvalue weighted by Crippen LogP contribution is -2.73. The molecule has 3 aromatic carbocycles. The van der Waals surface area contributed by atoms with Gasteiger partial charge >= 0.3 is 0 Å². The molecule has 3 atom stereocenters. The highest BCUT2D eigenvalue weighted by atomic mass is 16.2. The van der Waals surface area contributed by atoms with Crippen molar-refractivity contribution in [1.29, 1.82) is 0 Å². The van der Waals surface area contributed by atoms with Crippen LogP contribution >= 0.6 is 0 Å². The van der Waals surface area contributed by atoms with Crippen molar-refractivity contribution in [2.24, 2.45) is 0 Å². The van der Waals surface area contributed by atoms with Gasteiger partial charge in [0, 0.05) is 5.69 Å². The number of para-hydroxylation sites is 2. The second-order valence-corrected chi connectivity index (χ2v) is 9.76. The van der Waals surface area contributed by atoms with E-state index in [1.807, 2.05) is 72.5 Å². The van der Waals surface area contributed by atoms with Crippen molar-refractivity contribution in [2.75, 3.05) is 4.90 Å². The number of aromatic nitrogens is 2. The monoisotopic (exact) mass is 462 g/mol. The summed E-state index contributed by atoms with van der Waals surface area (Å²) in [7, 11) is 0. The van der Waals surface area contributed by atoms with Crippen molar-refractivity contribution in [2.45, 2.75) is 36.9 Å². The molecule has 4 aliphatic heterocycles. The summed E-state index contributed by atoms with van der Waals surface area (Å²) in [5.74, 6) is 0.0991. The number of anilines is 1. The van der Waals surface area contributed by atoms with E-state index in [-0.39, 0.29) is 23.8 Å². The van der Waals surface area contributed by atoms with Crippen molar-refractivity contribution in [3.8, 4) is 0 Å². The number of hydrogen-bond acceptors (Lipinski definition) is 4. The zero-order valence-corrected chi connectivity index (χ0v) is 19.1. The Morgan fingerprint density at radius 3 is 2.49 bits per heavy atom. The molecule has 1 N–H and O–H groups in total. The molecule has 0 aliphatic carbocycles.